The summed E-state index contributed by atoms with van der Waals surface area (Å²) in [7, 11) is 0. The smallest absolute Gasteiger partial charge is 0.319 e. The van der Waals surface area contributed by atoms with E-state index in [1.54, 1.807) is 12.1 Å². The summed E-state index contributed by atoms with van der Waals surface area (Å²) < 4.78 is 12.7. The van der Waals surface area contributed by atoms with Gasteiger partial charge >= 0.3 is 6.03 Å². The van der Waals surface area contributed by atoms with Gasteiger partial charge in [0.15, 0.2) is 0 Å². The molecule has 1 aromatic rings. The number of anilines is 1. The molecule has 2 fully saturated rings. The van der Waals surface area contributed by atoms with Crippen LogP contribution < -0.4 is 10.6 Å². The number of carbonyl (C=O) groups is 1. The van der Waals surface area contributed by atoms with Crippen LogP contribution in [0.15, 0.2) is 24.3 Å². The van der Waals surface area contributed by atoms with E-state index < -0.39 is 0 Å². The number of fused-ring (bicyclic) bond motifs is 2. The van der Waals surface area contributed by atoms with Crippen LogP contribution in [0.2, 0.25) is 0 Å². The first-order chi connectivity index (χ1) is 9.20. The predicted octanol–water partition coefficient (Wildman–Crippen LogP) is 3.38. The van der Waals surface area contributed by atoms with Crippen molar-refractivity contribution in [3.63, 3.8) is 0 Å². The minimum atomic E-state index is -0.298. The molecule has 2 saturated carbocycles. The highest BCUT2D eigenvalue weighted by atomic mass is 19.1. The normalized spacial score (nSPS) is 28.4. The van der Waals surface area contributed by atoms with Crippen LogP contribution in [0.3, 0.4) is 0 Å². The zero-order chi connectivity index (χ0) is 13.2. The highest BCUT2D eigenvalue weighted by Crippen LogP contribution is 2.47. The summed E-state index contributed by atoms with van der Waals surface area (Å²) in [6, 6.07) is 5.60. The van der Waals surface area contributed by atoms with Crippen molar-refractivity contribution in [2.45, 2.75) is 25.7 Å². The Morgan fingerprint density at radius 1 is 1.21 bits per heavy atom. The number of nitrogens with one attached hydrogen (secondary N) is 2. The molecule has 2 aliphatic rings. The fraction of sp³-hybridized carbons (Fsp3) is 0.533. The van der Waals surface area contributed by atoms with Gasteiger partial charge in [-0.25, -0.2) is 9.18 Å². The van der Waals surface area contributed by atoms with E-state index in [-0.39, 0.29) is 11.8 Å². The summed E-state index contributed by atoms with van der Waals surface area (Å²) >= 11 is 0. The van der Waals surface area contributed by atoms with Gasteiger partial charge in [0.25, 0.3) is 0 Å². The highest BCUT2D eigenvalue weighted by Gasteiger charge is 2.39. The lowest BCUT2D eigenvalue weighted by atomic mass is 9.89. The van der Waals surface area contributed by atoms with Crippen LogP contribution in [-0.4, -0.2) is 12.6 Å². The second kappa shape index (κ2) is 5.19. The lowest BCUT2D eigenvalue weighted by Crippen LogP contribution is -2.34. The fourth-order valence-electron chi connectivity index (χ4n) is 3.56. The van der Waals surface area contributed by atoms with Crippen molar-refractivity contribution in [3.8, 4) is 0 Å². The molecule has 0 aliphatic heterocycles. The molecule has 0 aromatic heterocycles. The molecule has 0 radical (unpaired) electrons. The number of urea groups is 1. The minimum Gasteiger partial charge on any atom is -0.338 e. The molecular weight excluding hydrogens is 243 g/mol. The minimum absolute atomic E-state index is 0.200. The number of hydrogen-bond acceptors (Lipinski definition) is 1. The summed E-state index contributed by atoms with van der Waals surface area (Å²) in [5, 5.41) is 5.65. The zero-order valence-electron chi connectivity index (χ0n) is 10.9. The Kier molecular flexibility index (Phi) is 3.40. The van der Waals surface area contributed by atoms with Crippen molar-refractivity contribution in [1.29, 1.82) is 0 Å². The largest absolute Gasteiger partial charge is 0.338 e. The average Bonchev–Trinajstić information content (AvgIpc) is 3.01. The van der Waals surface area contributed by atoms with Crippen LogP contribution >= 0.6 is 0 Å². The van der Waals surface area contributed by atoms with Crippen molar-refractivity contribution in [2.24, 2.45) is 17.8 Å². The molecule has 0 heterocycles. The topological polar surface area (TPSA) is 41.1 Å². The summed E-state index contributed by atoms with van der Waals surface area (Å²) in [5.74, 6) is 2.07. The van der Waals surface area contributed by atoms with Gasteiger partial charge < -0.3 is 10.6 Å². The molecule has 0 unspecified atom stereocenters. The molecule has 2 bridgehead atoms. The van der Waals surface area contributed by atoms with E-state index in [2.05, 4.69) is 10.6 Å². The quantitative estimate of drug-likeness (QED) is 0.861. The molecule has 0 saturated heterocycles. The van der Waals surface area contributed by atoms with Gasteiger partial charge in [-0.15, -0.1) is 0 Å². The second-order valence-electron chi connectivity index (χ2n) is 5.78. The molecule has 0 spiro atoms. The first kappa shape index (κ1) is 12.5. The Morgan fingerprint density at radius 3 is 2.63 bits per heavy atom. The number of halogens is 1. The summed E-state index contributed by atoms with van der Waals surface area (Å²) in [6.07, 6.45) is 5.33. The SMILES string of the molecule is O=C(NC[C@H]1C[C@H]2CC[C@@H]1C2)Nc1ccc(F)cc1. The van der Waals surface area contributed by atoms with Crippen LogP contribution in [0.1, 0.15) is 25.7 Å². The van der Waals surface area contributed by atoms with Gasteiger partial charge in [-0.3, -0.25) is 0 Å². The molecular formula is C15H19FN2O. The molecule has 2 amide bonds. The molecule has 4 heteroatoms. The van der Waals surface area contributed by atoms with Crippen LogP contribution in [0.5, 0.6) is 0 Å². The maximum absolute atomic E-state index is 12.7. The Bertz CT molecular complexity index is 460. The van der Waals surface area contributed by atoms with Gasteiger partial charge in [0.1, 0.15) is 5.82 Å². The summed E-state index contributed by atoms with van der Waals surface area (Å²) in [6.45, 7) is 0.758. The molecule has 3 nitrogen and oxygen atoms in total. The number of rotatable bonds is 3. The van der Waals surface area contributed by atoms with E-state index in [4.69, 9.17) is 0 Å². The first-order valence-electron chi connectivity index (χ1n) is 7.01. The molecule has 102 valence electrons. The second-order valence-corrected chi connectivity index (χ2v) is 5.78. The van der Waals surface area contributed by atoms with Gasteiger partial charge in [0, 0.05) is 12.2 Å². The van der Waals surface area contributed by atoms with E-state index >= 15 is 0 Å². The molecule has 2 N–H and O–H groups in total. The Morgan fingerprint density at radius 2 is 2.00 bits per heavy atom. The van der Waals surface area contributed by atoms with E-state index in [1.807, 2.05) is 0 Å². The van der Waals surface area contributed by atoms with Gasteiger partial charge in [0.2, 0.25) is 0 Å². The lowest BCUT2D eigenvalue weighted by molar-refractivity contribution is 0.245. The van der Waals surface area contributed by atoms with Gasteiger partial charge in [-0.2, -0.15) is 0 Å². The lowest BCUT2D eigenvalue weighted by Gasteiger charge is -2.21. The zero-order valence-corrected chi connectivity index (χ0v) is 10.9. The number of amides is 2. The molecule has 3 atom stereocenters. The number of hydrogen-bond donors (Lipinski definition) is 2. The standard InChI is InChI=1S/C15H19FN2O/c16-13-3-5-14(6-4-13)18-15(19)17-9-12-8-10-1-2-11(12)7-10/h3-6,10-12H,1-2,7-9H2,(H2,17,18,19)/t10-,11+,12+/m0/s1. The summed E-state index contributed by atoms with van der Waals surface area (Å²) in [5.41, 5.74) is 0.617. The third kappa shape index (κ3) is 2.88. The number of benzene rings is 1. The maximum atomic E-state index is 12.7. The average molecular weight is 262 g/mol. The monoisotopic (exact) mass is 262 g/mol. The van der Waals surface area contributed by atoms with Crippen LogP contribution in [0.4, 0.5) is 14.9 Å². The van der Waals surface area contributed by atoms with Crippen LogP contribution in [0, 0.1) is 23.6 Å². The molecule has 3 rings (SSSR count). The molecule has 2 aliphatic carbocycles. The third-order valence-corrected chi connectivity index (χ3v) is 4.51. The first-order valence-corrected chi connectivity index (χ1v) is 7.01. The van der Waals surface area contributed by atoms with Crippen molar-refractivity contribution in [1.82, 2.24) is 5.32 Å². The Hall–Kier alpha value is -1.58. The Labute approximate surface area is 112 Å². The third-order valence-electron chi connectivity index (χ3n) is 4.51. The summed E-state index contributed by atoms with van der Waals surface area (Å²) in [4.78, 5) is 11.7. The fourth-order valence-corrected chi connectivity index (χ4v) is 3.56. The van der Waals surface area contributed by atoms with Crippen molar-refractivity contribution >= 4 is 11.7 Å². The maximum Gasteiger partial charge on any atom is 0.319 e. The van der Waals surface area contributed by atoms with Crippen molar-refractivity contribution in [3.05, 3.63) is 30.1 Å². The van der Waals surface area contributed by atoms with Crippen molar-refractivity contribution in [2.75, 3.05) is 11.9 Å². The van der Waals surface area contributed by atoms with Crippen LogP contribution in [-0.2, 0) is 0 Å². The van der Waals surface area contributed by atoms with Crippen LogP contribution in [0.25, 0.3) is 0 Å². The Balaban J connectivity index is 1.45. The van der Waals surface area contributed by atoms with E-state index in [9.17, 15) is 9.18 Å². The predicted molar refractivity (Wildman–Crippen MR) is 72.4 cm³/mol. The van der Waals surface area contributed by atoms with E-state index in [0.717, 1.165) is 18.4 Å². The van der Waals surface area contributed by atoms with E-state index in [1.165, 1.54) is 37.8 Å². The molecule has 19 heavy (non-hydrogen) atoms. The van der Waals surface area contributed by atoms with Gasteiger partial charge in [0.05, 0.1) is 0 Å². The van der Waals surface area contributed by atoms with Gasteiger partial charge in [-0.1, -0.05) is 6.42 Å². The van der Waals surface area contributed by atoms with Gasteiger partial charge in [-0.05, 0) is 61.3 Å². The number of carbonyl (C=O) groups excluding carboxylic acids is 1. The van der Waals surface area contributed by atoms with E-state index in [0.29, 0.717) is 11.6 Å². The van der Waals surface area contributed by atoms with Crippen molar-refractivity contribution < 1.29 is 9.18 Å². The molecule has 1 aromatic carbocycles. The highest BCUT2D eigenvalue weighted by molar-refractivity contribution is 5.89.